The summed E-state index contributed by atoms with van der Waals surface area (Å²) in [6, 6.07) is 22.6. The third-order valence-electron chi connectivity index (χ3n) is 3.79. The second kappa shape index (κ2) is 5.31. The van der Waals surface area contributed by atoms with Gasteiger partial charge in [0, 0.05) is 5.69 Å². The van der Waals surface area contributed by atoms with Gasteiger partial charge >= 0.3 is 0 Å². The average Bonchev–Trinajstić information content (AvgIpc) is 3.21. The van der Waals surface area contributed by atoms with Gasteiger partial charge in [0.05, 0.1) is 12.1 Å². The fraction of sp³-hybridized carbons (Fsp3) is 0.222. The third kappa shape index (κ3) is 2.41. The quantitative estimate of drug-likeness (QED) is 0.553. The van der Waals surface area contributed by atoms with Gasteiger partial charge in [0.15, 0.2) is 0 Å². The van der Waals surface area contributed by atoms with Crippen LogP contribution >= 0.6 is 0 Å². The van der Waals surface area contributed by atoms with Crippen molar-refractivity contribution in [3.63, 3.8) is 0 Å². The van der Waals surface area contributed by atoms with E-state index in [1.54, 1.807) is 0 Å². The summed E-state index contributed by atoms with van der Waals surface area (Å²) in [6.45, 7) is 3.84. The molecular formula is C18H19N. The first-order valence-corrected chi connectivity index (χ1v) is 6.91. The summed E-state index contributed by atoms with van der Waals surface area (Å²) in [5.41, 5.74) is 2.74. The molecule has 0 saturated carbocycles. The molecule has 0 bridgehead atoms. The summed E-state index contributed by atoms with van der Waals surface area (Å²) >= 11 is 0. The largest absolute Gasteiger partial charge is 0.357 e. The summed E-state index contributed by atoms with van der Waals surface area (Å²) in [7, 11) is 0. The lowest BCUT2D eigenvalue weighted by Crippen LogP contribution is -1.98. The predicted octanol–water partition coefficient (Wildman–Crippen LogP) is 4.58. The second-order valence-electron chi connectivity index (χ2n) is 5.03. The van der Waals surface area contributed by atoms with Crippen LogP contribution in [0.5, 0.6) is 0 Å². The van der Waals surface area contributed by atoms with Gasteiger partial charge in [-0.05, 0) is 30.5 Å². The van der Waals surface area contributed by atoms with Crippen molar-refractivity contribution >= 4 is 5.69 Å². The predicted molar refractivity (Wildman–Crippen MR) is 81.3 cm³/mol. The lowest BCUT2D eigenvalue weighted by atomic mass is 10.1. The van der Waals surface area contributed by atoms with Crippen molar-refractivity contribution in [3.8, 4) is 0 Å². The van der Waals surface area contributed by atoms with Crippen LogP contribution in [0.15, 0.2) is 73.3 Å². The van der Waals surface area contributed by atoms with Gasteiger partial charge in [0.2, 0.25) is 0 Å². The Hall–Kier alpha value is -2.02. The zero-order chi connectivity index (χ0) is 13.1. The van der Waals surface area contributed by atoms with Gasteiger partial charge in [0.25, 0.3) is 0 Å². The average molecular weight is 249 g/mol. The molecule has 2 aromatic carbocycles. The number of hydrogen-bond acceptors (Lipinski definition) is 1. The first kappa shape index (κ1) is 12.0. The Balaban J connectivity index is 1.84. The Morgan fingerprint density at radius 3 is 2.21 bits per heavy atom. The summed E-state index contributed by atoms with van der Waals surface area (Å²) in [5.74, 6) is 0. The molecule has 0 radical (unpaired) electrons. The van der Waals surface area contributed by atoms with Gasteiger partial charge in [-0.15, -0.1) is 6.58 Å². The lowest BCUT2D eigenvalue weighted by Gasteiger charge is -2.05. The number of rotatable bonds is 5. The zero-order valence-corrected chi connectivity index (χ0v) is 11.1. The summed E-state index contributed by atoms with van der Waals surface area (Å²) < 4.78 is 0. The van der Waals surface area contributed by atoms with E-state index in [0.717, 1.165) is 6.42 Å². The van der Waals surface area contributed by atoms with Crippen molar-refractivity contribution in [1.82, 2.24) is 0 Å². The van der Waals surface area contributed by atoms with E-state index in [4.69, 9.17) is 0 Å². The fourth-order valence-corrected chi connectivity index (χ4v) is 2.85. The molecule has 0 unspecified atom stereocenters. The van der Waals surface area contributed by atoms with E-state index >= 15 is 0 Å². The van der Waals surface area contributed by atoms with Crippen molar-refractivity contribution in [2.75, 3.05) is 4.90 Å². The first-order valence-electron chi connectivity index (χ1n) is 6.91. The maximum Gasteiger partial charge on any atom is 0.0750 e. The van der Waals surface area contributed by atoms with E-state index in [-0.39, 0.29) is 0 Å². The van der Waals surface area contributed by atoms with E-state index < -0.39 is 0 Å². The monoisotopic (exact) mass is 249 g/mol. The Morgan fingerprint density at radius 2 is 1.58 bits per heavy atom. The van der Waals surface area contributed by atoms with E-state index in [9.17, 15) is 0 Å². The summed E-state index contributed by atoms with van der Waals surface area (Å²) in [5, 5.41) is 0. The van der Waals surface area contributed by atoms with Crippen LogP contribution in [0.1, 0.15) is 24.4 Å². The number of para-hydroxylation sites is 1. The number of benzene rings is 2. The maximum absolute atomic E-state index is 3.84. The van der Waals surface area contributed by atoms with Gasteiger partial charge in [-0.3, -0.25) is 0 Å². The molecule has 1 saturated heterocycles. The van der Waals surface area contributed by atoms with Gasteiger partial charge < -0.3 is 4.90 Å². The molecule has 19 heavy (non-hydrogen) atoms. The standard InChI is InChI=1S/C18H19N/c1-2-3-14-17-18(15-10-6-4-7-11-15)19(17)16-12-8-5-9-13-16/h2,4-13,17-18H,1,3,14H2/t17-,18+,19?/m0/s1. The van der Waals surface area contributed by atoms with Crippen molar-refractivity contribution in [3.05, 3.63) is 78.9 Å². The maximum atomic E-state index is 3.84. The number of anilines is 1. The molecule has 0 amide bonds. The molecule has 0 spiro atoms. The van der Waals surface area contributed by atoms with Crippen LogP contribution in [-0.4, -0.2) is 6.04 Å². The molecule has 2 aromatic rings. The smallest absolute Gasteiger partial charge is 0.0750 e. The van der Waals surface area contributed by atoms with Crippen LogP contribution in [0.3, 0.4) is 0 Å². The molecule has 2 atom stereocenters. The summed E-state index contributed by atoms with van der Waals surface area (Å²) in [6.07, 6.45) is 4.28. The number of nitrogens with zero attached hydrogens (tertiary/aromatic N) is 1. The molecular weight excluding hydrogens is 230 g/mol. The second-order valence-corrected chi connectivity index (χ2v) is 5.03. The Kier molecular flexibility index (Phi) is 3.37. The first-order chi connectivity index (χ1) is 9.42. The minimum absolute atomic E-state index is 0.531. The molecule has 1 heterocycles. The van der Waals surface area contributed by atoms with Crippen molar-refractivity contribution in [2.24, 2.45) is 0 Å². The van der Waals surface area contributed by atoms with Crippen molar-refractivity contribution < 1.29 is 0 Å². The normalized spacial score (nSPS) is 21.2. The molecule has 1 nitrogen and oxygen atoms in total. The Morgan fingerprint density at radius 1 is 0.947 bits per heavy atom. The molecule has 0 aromatic heterocycles. The molecule has 1 heteroatoms. The SMILES string of the molecule is C=CCC[C@H]1[C@@H](c2ccccc2)N1c1ccccc1. The summed E-state index contributed by atoms with van der Waals surface area (Å²) in [4.78, 5) is 2.51. The van der Waals surface area contributed by atoms with E-state index in [2.05, 4.69) is 72.1 Å². The van der Waals surface area contributed by atoms with E-state index in [1.165, 1.54) is 17.7 Å². The molecule has 0 aliphatic carbocycles. The van der Waals surface area contributed by atoms with Gasteiger partial charge in [-0.25, -0.2) is 0 Å². The van der Waals surface area contributed by atoms with Crippen LogP contribution in [0, 0.1) is 0 Å². The van der Waals surface area contributed by atoms with Gasteiger partial charge in [-0.2, -0.15) is 0 Å². The van der Waals surface area contributed by atoms with Crippen LogP contribution in [0.2, 0.25) is 0 Å². The van der Waals surface area contributed by atoms with Gasteiger partial charge in [0.1, 0.15) is 0 Å². The highest BCUT2D eigenvalue weighted by atomic mass is 15.4. The molecule has 1 fully saturated rings. The minimum atomic E-state index is 0.531. The molecule has 1 aliphatic rings. The van der Waals surface area contributed by atoms with E-state index in [1.807, 2.05) is 6.08 Å². The Labute approximate surface area is 115 Å². The van der Waals surface area contributed by atoms with Crippen LogP contribution < -0.4 is 4.90 Å². The van der Waals surface area contributed by atoms with Crippen molar-refractivity contribution in [2.45, 2.75) is 24.9 Å². The number of hydrogen-bond donors (Lipinski definition) is 0. The highest BCUT2D eigenvalue weighted by molar-refractivity contribution is 5.59. The highest BCUT2D eigenvalue weighted by Gasteiger charge is 2.47. The van der Waals surface area contributed by atoms with Crippen LogP contribution in [0.25, 0.3) is 0 Å². The van der Waals surface area contributed by atoms with Crippen LogP contribution in [0.4, 0.5) is 5.69 Å². The molecule has 1 aliphatic heterocycles. The fourth-order valence-electron chi connectivity index (χ4n) is 2.85. The Bertz CT molecular complexity index is 487. The third-order valence-corrected chi connectivity index (χ3v) is 3.79. The molecule has 0 N–H and O–H groups in total. The van der Waals surface area contributed by atoms with Crippen molar-refractivity contribution in [1.29, 1.82) is 0 Å². The highest BCUT2D eigenvalue weighted by Crippen LogP contribution is 2.48. The topological polar surface area (TPSA) is 3.01 Å². The lowest BCUT2D eigenvalue weighted by molar-refractivity contribution is 0.812. The number of allylic oxidation sites excluding steroid dienone is 1. The van der Waals surface area contributed by atoms with Gasteiger partial charge in [-0.1, -0.05) is 54.6 Å². The minimum Gasteiger partial charge on any atom is -0.357 e. The zero-order valence-electron chi connectivity index (χ0n) is 11.1. The molecule has 3 rings (SSSR count). The molecule has 96 valence electrons. The van der Waals surface area contributed by atoms with E-state index in [0.29, 0.717) is 12.1 Å². The van der Waals surface area contributed by atoms with Crippen LogP contribution in [-0.2, 0) is 0 Å².